The van der Waals surface area contributed by atoms with Gasteiger partial charge in [-0.25, -0.2) is 0 Å². The predicted octanol–water partition coefficient (Wildman–Crippen LogP) is 1.82. The van der Waals surface area contributed by atoms with E-state index >= 15 is 0 Å². The van der Waals surface area contributed by atoms with Gasteiger partial charge >= 0.3 is 0 Å². The molecule has 2 N–H and O–H groups in total. The average molecular weight is 186 g/mol. The van der Waals surface area contributed by atoms with Gasteiger partial charge in [-0.2, -0.15) is 0 Å². The summed E-state index contributed by atoms with van der Waals surface area (Å²) in [4.78, 5) is 10.8. The third-order valence-electron chi connectivity index (χ3n) is 1.65. The highest BCUT2D eigenvalue weighted by atomic mass is 35.5. The molecule has 3 heteroatoms. The minimum Gasteiger partial charge on any atom is -0.366 e. The number of hydrogen-bond donors (Lipinski definition) is 1. The van der Waals surface area contributed by atoms with Crippen LogP contribution >= 0.6 is 12.4 Å². The van der Waals surface area contributed by atoms with Crippen LogP contribution in [0.3, 0.4) is 0 Å². The molecule has 0 saturated carbocycles. The molecule has 0 atom stereocenters. The van der Waals surface area contributed by atoms with Crippen LogP contribution in [0.2, 0.25) is 0 Å². The van der Waals surface area contributed by atoms with Crippen molar-refractivity contribution in [2.45, 2.75) is 13.8 Å². The Bertz CT molecular complexity index is 297. The van der Waals surface area contributed by atoms with E-state index in [2.05, 4.69) is 0 Å². The zero-order valence-corrected chi connectivity index (χ0v) is 7.94. The number of benzene rings is 1. The van der Waals surface area contributed by atoms with Crippen molar-refractivity contribution >= 4 is 18.3 Å². The van der Waals surface area contributed by atoms with Crippen molar-refractivity contribution in [3.63, 3.8) is 0 Å². The van der Waals surface area contributed by atoms with Crippen LogP contribution in [0.25, 0.3) is 0 Å². The summed E-state index contributed by atoms with van der Waals surface area (Å²) >= 11 is 0. The largest absolute Gasteiger partial charge is 0.366 e. The van der Waals surface area contributed by atoms with Gasteiger partial charge in [0.2, 0.25) is 5.91 Å². The van der Waals surface area contributed by atoms with Gasteiger partial charge in [-0.1, -0.05) is 17.7 Å². The van der Waals surface area contributed by atoms with Crippen LogP contribution in [0.4, 0.5) is 0 Å². The molecule has 0 unspecified atom stereocenters. The fourth-order valence-corrected chi connectivity index (χ4v) is 1.09. The van der Waals surface area contributed by atoms with Crippen molar-refractivity contribution in [1.82, 2.24) is 0 Å². The van der Waals surface area contributed by atoms with Gasteiger partial charge in [0.05, 0.1) is 0 Å². The summed E-state index contributed by atoms with van der Waals surface area (Å²) in [6.45, 7) is 3.87. The topological polar surface area (TPSA) is 43.1 Å². The normalized spacial score (nSPS) is 8.83. The van der Waals surface area contributed by atoms with Gasteiger partial charge in [-0.05, 0) is 25.5 Å². The molecule has 0 saturated heterocycles. The molecule has 0 radical (unpaired) electrons. The first-order chi connectivity index (χ1) is 5.11. The number of nitrogens with two attached hydrogens (primary N) is 1. The molecule has 0 aliphatic heterocycles. The van der Waals surface area contributed by atoms with Crippen molar-refractivity contribution in [2.24, 2.45) is 5.73 Å². The summed E-state index contributed by atoms with van der Waals surface area (Å²) in [7, 11) is 0. The monoisotopic (exact) mass is 185 g/mol. The van der Waals surface area contributed by atoms with Crippen molar-refractivity contribution in [3.05, 3.63) is 34.9 Å². The molecule has 0 aliphatic rings. The zero-order chi connectivity index (χ0) is 8.43. The van der Waals surface area contributed by atoms with Crippen LogP contribution in [0.15, 0.2) is 18.2 Å². The highest BCUT2D eigenvalue weighted by Crippen LogP contribution is 2.08. The molecule has 0 fully saturated rings. The Balaban J connectivity index is 0.00000121. The quantitative estimate of drug-likeness (QED) is 0.713. The SMILES string of the molecule is Cc1ccc(C(N)=O)c(C)c1.Cl. The van der Waals surface area contributed by atoms with Crippen LogP contribution in [0.5, 0.6) is 0 Å². The predicted molar refractivity (Wildman–Crippen MR) is 51.7 cm³/mol. The van der Waals surface area contributed by atoms with Crippen molar-refractivity contribution in [1.29, 1.82) is 0 Å². The van der Waals surface area contributed by atoms with E-state index in [1.165, 1.54) is 0 Å². The van der Waals surface area contributed by atoms with E-state index in [1.807, 2.05) is 26.0 Å². The van der Waals surface area contributed by atoms with Gasteiger partial charge in [0, 0.05) is 5.56 Å². The lowest BCUT2D eigenvalue weighted by Crippen LogP contribution is -2.12. The third kappa shape index (κ3) is 2.24. The first-order valence-electron chi connectivity index (χ1n) is 3.48. The van der Waals surface area contributed by atoms with E-state index in [1.54, 1.807) is 6.07 Å². The van der Waals surface area contributed by atoms with Gasteiger partial charge in [0.1, 0.15) is 0 Å². The molecule has 2 nitrogen and oxygen atoms in total. The number of carbonyl (C=O) groups is 1. The Morgan fingerprint density at radius 2 is 1.92 bits per heavy atom. The van der Waals surface area contributed by atoms with Crippen molar-refractivity contribution < 1.29 is 4.79 Å². The third-order valence-corrected chi connectivity index (χ3v) is 1.65. The van der Waals surface area contributed by atoms with Crippen molar-refractivity contribution in [3.8, 4) is 0 Å². The molecule has 1 aromatic rings. The number of halogens is 1. The highest BCUT2D eigenvalue weighted by Gasteiger charge is 2.02. The minimum absolute atomic E-state index is 0. The molecule has 66 valence electrons. The Morgan fingerprint density at radius 3 is 2.33 bits per heavy atom. The van der Waals surface area contributed by atoms with E-state index in [0.29, 0.717) is 5.56 Å². The van der Waals surface area contributed by atoms with Crippen LogP contribution in [0, 0.1) is 13.8 Å². The first kappa shape index (κ1) is 11.0. The van der Waals surface area contributed by atoms with E-state index in [4.69, 9.17) is 5.73 Å². The minimum atomic E-state index is -0.359. The summed E-state index contributed by atoms with van der Waals surface area (Å²) < 4.78 is 0. The Morgan fingerprint density at radius 1 is 1.33 bits per heavy atom. The summed E-state index contributed by atoms with van der Waals surface area (Å²) in [5.41, 5.74) is 7.82. The van der Waals surface area contributed by atoms with E-state index < -0.39 is 0 Å². The van der Waals surface area contributed by atoms with Gasteiger partial charge in [0.25, 0.3) is 0 Å². The van der Waals surface area contributed by atoms with Crippen LogP contribution in [0.1, 0.15) is 21.5 Å². The van der Waals surface area contributed by atoms with Gasteiger partial charge < -0.3 is 5.73 Å². The second-order valence-electron chi connectivity index (χ2n) is 2.68. The molecule has 1 amide bonds. The lowest BCUT2D eigenvalue weighted by molar-refractivity contribution is 0.0999. The Kier molecular flexibility index (Phi) is 3.77. The van der Waals surface area contributed by atoms with Crippen LogP contribution in [-0.4, -0.2) is 5.91 Å². The second kappa shape index (κ2) is 4.12. The van der Waals surface area contributed by atoms with Crippen LogP contribution < -0.4 is 5.73 Å². The van der Waals surface area contributed by atoms with E-state index in [-0.39, 0.29) is 18.3 Å². The maximum Gasteiger partial charge on any atom is 0.248 e. The van der Waals surface area contributed by atoms with Gasteiger partial charge in [0.15, 0.2) is 0 Å². The number of hydrogen-bond acceptors (Lipinski definition) is 1. The van der Waals surface area contributed by atoms with E-state index in [0.717, 1.165) is 11.1 Å². The smallest absolute Gasteiger partial charge is 0.248 e. The molecule has 0 spiro atoms. The molecule has 12 heavy (non-hydrogen) atoms. The number of primary amides is 1. The first-order valence-corrected chi connectivity index (χ1v) is 3.48. The zero-order valence-electron chi connectivity index (χ0n) is 7.13. The maximum atomic E-state index is 10.8. The van der Waals surface area contributed by atoms with Gasteiger partial charge in [-0.3, -0.25) is 4.79 Å². The number of amides is 1. The molecule has 1 rings (SSSR count). The fourth-order valence-electron chi connectivity index (χ4n) is 1.09. The standard InChI is InChI=1S/C9H11NO.ClH/c1-6-3-4-8(9(10)11)7(2)5-6;/h3-5H,1-2H3,(H2,10,11);1H. The Labute approximate surface area is 78.2 Å². The molecule has 0 bridgehead atoms. The number of aryl methyl sites for hydroxylation is 2. The summed E-state index contributed by atoms with van der Waals surface area (Å²) in [6, 6.07) is 5.58. The van der Waals surface area contributed by atoms with Crippen LogP contribution in [-0.2, 0) is 0 Å². The van der Waals surface area contributed by atoms with Gasteiger partial charge in [-0.15, -0.1) is 12.4 Å². The van der Waals surface area contributed by atoms with Crippen molar-refractivity contribution in [2.75, 3.05) is 0 Å². The molecule has 0 aliphatic carbocycles. The number of carbonyl (C=O) groups excluding carboxylic acids is 1. The molecule has 1 aromatic carbocycles. The lowest BCUT2D eigenvalue weighted by atomic mass is 10.1. The summed E-state index contributed by atoms with van der Waals surface area (Å²) in [6.07, 6.45) is 0. The van der Waals surface area contributed by atoms with E-state index in [9.17, 15) is 4.79 Å². The highest BCUT2D eigenvalue weighted by molar-refractivity contribution is 5.94. The Hall–Kier alpha value is -1.02. The number of rotatable bonds is 1. The lowest BCUT2D eigenvalue weighted by Gasteiger charge is -2.01. The summed E-state index contributed by atoms with van der Waals surface area (Å²) in [5.74, 6) is -0.359. The molecule has 0 heterocycles. The summed E-state index contributed by atoms with van der Waals surface area (Å²) in [5, 5.41) is 0. The fraction of sp³-hybridized carbons (Fsp3) is 0.222. The second-order valence-corrected chi connectivity index (χ2v) is 2.68. The maximum absolute atomic E-state index is 10.8. The molecule has 0 aromatic heterocycles. The average Bonchev–Trinajstić information content (AvgIpc) is 1.85. The molecular weight excluding hydrogens is 174 g/mol. The molecular formula is C9H12ClNO.